The van der Waals surface area contributed by atoms with Gasteiger partial charge < -0.3 is 15.0 Å². The van der Waals surface area contributed by atoms with Gasteiger partial charge in [0.15, 0.2) is 0 Å². The Kier molecular flexibility index (Phi) is 9.63. The molecule has 0 aromatic heterocycles. The summed E-state index contributed by atoms with van der Waals surface area (Å²) in [5.41, 5.74) is 0.339. The largest absolute Gasteiger partial charge is 0.497 e. The zero-order chi connectivity index (χ0) is 28.8. The van der Waals surface area contributed by atoms with Gasteiger partial charge in [0.2, 0.25) is 11.8 Å². The fourth-order valence-corrected chi connectivity index (χ4v) is 5.50. The fraction of sp³-hybridized carbons (Fsp3) is 0.310. The predicted octanol–water partition coefficient (Wildman–Crippen LogP) is 4.88. The van der Waals surface area contributed by atoms with Crippen molar-refractivity contribution in [1.29, 1.82) is 0 Å². The van der Waals surface area contributed by atoms with E-state index in [4.69, 9.17) is 16.3 Å². The number of ether oxygens (including phenoxy) is 1. The van der Waals surface area contributed by atoms with Crippen LogP contribution in [0.15, 0.2) is 83.8 Å². The summed E-state index contributed by atoms with van der Waals surface area (Å²) in [4.78, 5) is 28.5. The number of nitrogens with zero attached hydrogens (tertiary/aromatic N) is 2. The first-order valence-electron chi connectivity index (χ1n) is 12.4. The van der Waals surface area contributed by atoms with Crippen molar-refractivity contribution in [3.63, 3.8) is 0 Å². The Morgan fingerprint density at radius 1 is 0.974 bits per heavy atom. The molecule has 0 radical (unpaired) electrons. The van der Waals surface area contributed by atoms with Gasteiger partial charge in [-0.3, -0.25) is 13.9 Å². The number of halogens is 1. The lowest BCUT2D eigenvalue weighted by atomic mass is 10.1. The van der Waals surface area contributed by atoms with Crippen molar-refractivity contribution < 1.29 is 22.7 Å². The monoisotopic (exact) mass is 571 g/mol. The molecule has 0 saturated heterocycles. The molecule has 2 amide bonds. The number of anilines is 1. The quantitative estimate of drug-likeness (QED) is 0.374. The van der Waals surface area contributed by atoms with Gasteiger partial charge in [-0.25, -0.2) is 8.42 Å². The van der Waals surface area contributed by atoms with Crippen LogP contribution in [0.25, 0.3) is 0 Å². The van der Waals surface area contributed by atoms with Crippen LogP contribution in [0.1, 0.15) is 33.3 Å². The van der Waals surface area contributed by atoms with Gasteiger partial charge in [-0.15, -0.1) is 0 Å². The number of hydrogen-bond donors (Lipinski definition) is 1. The summed E-state index contributed by atoms with van der Waals surface area (Å²) in [7, 11) is -2.69. The average molecular weight is 572 g/mol. The minimum absolute atomic E-state index is 0.00850. The third-order valence-electron chi connectivity index (χ3n) is 5.92. The van der Waals surface area contributed by atoms with Gasteiger partial charge in [0.25, 0.3) is 10.0 Å². The number of benzene rings is 3. The van der Waals surface area contributed by atoms with Crippen molar-refractivity contribution in [2.24, 2.45) is 0 Å². The molecule has 0 saturated carbocycles. The molecule has 0 fully saturated rings. The first-order chi connectivity index (χ1) is 18.3. The van der Waals surface area contributed by atoms with Gasteiger partial charge in [0.05, 0.1) is 17.7 Å². The van der Waals surface area contributed by atoms with Crippen LogP contribution in [-0.4, -0.2) is 50.4 Å². The first-order valence-corrected chi connectivity index (χ1v) is 14.2. The minimum atomic E-state index is -4.16. The molecular weight excluding hydrogens is 538 g/mol. The van der Waals surface area contributed by atoms with Crippen LogP contribution < -0.4 is 14.4 Å². The summed E-state index contributed by atoms with van der Waals surface area (Å²) >= 11 is 6.39. The van der Waals surface area contributed by atoms with Crippen LogP contribution in [-0.2, 0) is 26.2 Å². The highest BCUT2D eigenvalue weighted by atomic mass is 35.5. The highest BCUT2D eigenvalue weighted by molar-refractivity contribution is 7.92. The fourth-order valence-electron chi connectivity index (χ4n) is 3.88. The molecular formula is C29H34ClN3O5S. The zero-order valence-corrected chi connectivity index (χ0v) is 24.3. The molecule has 1 atom stereocenters. The molecule has 208 valence electrons. The SMILES string of the molecule is COc1cccc(N(CC(=O)N(Cc2ccccc2Cl)[C@@H](C)C(=O)NC(C)(C)C)S(=O)(=O)c2ccccc2)c1. The highest BCUT2D eigenvalue weighted by Crippen LogP contribution is 2.28. The molecule has 3 rings (SSSR count). The lowest BCUT2D eigenvalue weighted by molar-refractivity contribution is -0.140. The summed E-state index contributed by atoms with van der Waals surface area (Å²) in [6.07, 6.45) is 0. The minimum Gasteiger partial charge on any atom is -0.497 e. The molecule has 10 heteroatoms. The third-order valence-corrected chi connectivity index (χ3v) is 8.07. The van der Waals surface area contributed by atoms with Crippen LogP contribution in [0.4, 0.5) is 5.69 Å². The van der Waals surface area contributed by atoms with Crippen LogP contribution in [0.2, 0.25) is 5.02 Å². The van der Waals surface area contributed by atoms with E-state index in [1.165, 1.54) is 24.1 Å². The third kappa shape index (κ3) is 7.74. The molecule has 0 heterocycles. The van der Waals surface area contributed by atoms with E-state index in [0.717, 1.165) is 4.31 Å². The van der Waals surface area contributed by atoms with Gasteiger partial charge >= 0.3 is 0 Å². The second-order valence-corrected chi connectivity index (χ2v) is 12.3. The predicted molar refractivity (Wildman–Crippen MR) is 153 cm³/mol. The van der Waals surface area contributed by atoms with Gasteiger partial charge in [-0.1, -0.05) is 54.1 Å². The summed E-state index contributed by atoms with van der Waals surface area (Å²) < 4.78 is 33.9. The van der Waals surface area contributed by atoms with E-state index in [9.17, 15) is 18.0 Å². The molecule has 3 aromatic carbocycles. The topological polar surface area (TPSA) is 96.0 Å². The first kappa shape index (κ1) is 30.0. The number of amides is 2. The Hall–Kier alpha value is -3.56. The molecule has 3 aromatic rings. The van der Waals surface area contributed by atoms with E-state index in [1.54, 1.807) is 73.7 Å². The number of methoxy groups -OCH3 is 1. The van der Waals surface area contributed by atoms with E-state index in [-0.39, 0.29) is 23.0 Å². The Bertz CT molecular complexity index is 1410. The Balaban J connectivity index is 2.06. The van der Waals surface area contributed by atoms with Crippen LogP contribution in [0, 0.1) is 0 Å². The molecule has 0 unspecified atom stereocenters. The van der Waals surface area contributed by atoms with Crippen molar-refractivity contribution in [1.82, 2.24) is 10.2 Å². The molecule has 1 N–H and O–H groups in total. The van der Waals surface area contributed by atoms with Crippen molar-refractivity contribution >= 4 is 39.1 Å². The summed E-state index contributed by atoms with van der Waals surface area (Å²) in [5, 5.41) is 3.33. The van der Waals surface area contributed by atoms with E-state index >= 15 is 0 Å². The Morgan fingerprint density at radius 3 is 2.23 bits per heavy atom. The molecule has 0 aliphatic rings. The Labute approximate surface area is 235 Å². The standard InChI is InChI=1S/C29H34ClN3O5S/c1-21(28(35)31-29(2,3)4)32(19-22-12-9-10-17-26(22)30)27(34)20-33(23-13-11-14-24(18-23)38-5)39(36,37)25-15-7-6-8-16-25/h6-18,21H,19-20H2,1-5H3,(H,31,35)/t21-/m0/s1. The maximum Gasteiger partial charge on any atom is 0.264 e. The second kappa shape index (κ2) is 12.5. The number of sulfonamides is 1. The lowest BCUT2D eigenvalue weighted by Gasteiger charge is -2.33. The number of carbonyl (C=O) groups excluding carboxylic acids is 2. The molecule has 0 aliphatic carbocycles. The van der Waals surface area contributed by atoms with Crippen molar-refractivity contribution in [2.75, 3.05) is 18.0 Å². The molecule has 0 spiro atoms. The van der Waals surface area contributed by atoms with E-state index < -0.39 is 34.1 Å². The smallest absolute Gasteiger partial charge is 0.264 e. The van der Waals surface area contributed by atoms with E-state index in [1.807, 2.05) is 20.8 Å². The van der Waals surface area contributed by atoms with Gasteiger partial charge in [0.1, 0.15) is 18.3 Å². The number of nitrogens with one attached hydrogen (secondary N) is 1. The lowest BCUT2D eigenvalue weighted by Crippen LogP contribution is -2.54. The molecule has 39 heavy (non-hydrogen) atoms. The van der Waals surface area contributed by atoms with Crippen molar-refractivity contribution in [3.8, 4) is 5.75 Å². The summed E-state index contributed by atoms with van der Waals surface area (Å²) in [6.45, 7) is 6.59. The molecule has 0 bridgehead atoms. The Morgan fingerprint density at radius 2 is 1.62 bits per heavy atom. The number of carbonyl (C=O) groups is 2. The summed E-state index contributed by atoms with van der Waals surface area (Å²) in [6, 6.07) is 20.4. The number of rotatable bonds is 10. The molecule has 8 nitrogen and oxygen atoms in total. The number of hydrogen-bond acceptors (Lipinski definition) is 5. The van der Waals surface area contributed by atoms with Gasteiger partial charge in [0, 0.05) is 23.2 Å². The highest BCUT2D eigenvalue weighted by Gasteiger charge is 2.33. The summed E-state index contributed by atoms with van der Waals surface area (Å²) in [5.74, 6) is -0.519. The van der Waals surface area contributed by atoms with Crippen LogP contribution in [0.5, 0.6) is 5.75 Å². The average Bonchev–Trinajstić information content (AvgIpc) is 2.90. The van der Waals surface area contributed by atoms with Crippen molar-refractivity contribution in [3.05, 3.63) is 89.4 Å². The normalized spacial score (nSPS) is 12.4. The van der Waals surface area contributed by atoms with Crippen molar-refractivity contribution in [2.45, 2.75) is 50.7 Å². The maximum atomic E-state index is 14.0. The van der Waals surface area contributed by atoms with Gasteiger partial charge in [-0.2, -0.15) is 0 Å². The van der Waals surface area contributed by atoms with Gasteiger partial charge in [-0.05, 0) is 63.6 Å². The maximum absolute atomic E-state index is 14.0. The zero-order valence-electron chi connectivity index (χ0n) is 22.7. The van der Waals surface area contributed by atoms with Crippen LogP contribution in [0.3, 0.4) is 0 Å². The molecule has 0 aliphatic heterocycles. The van der Waals surface area contributed by atoms with E-state index in [2.05, 4.69) is 5.32 Å². The van der Waals surface area contributed by atoms with E-state index in [0.29, 0.717) is 16.3 Å². The second-order valence-electron chi connectivity index (χ2n) is 10.1. The van der Waals surface area contributed by atoms with Crippen LogP contribution >= 0.6 is 11.6 Å².